The average Bonchev–Trinajstić information content (AvgIpc) is 3.10. The maximum absolute atomic E-state index is 4.54. The molecular formula is C21H30N4S. The summed E-state index contributed by atoms with van der Waals surface area (Å²) in [5, 5.41) is 6.82. The number of aromatic nitrogens is 1. The second-order valence-corrected chi connectivity index (χ2v) is 8.06. The van der Waals surface area contributed by atoms with Crippen LogP contribution in [0.25, 0.3) is 0 Å². The highest BCUT2D eigenvalue weighted by molar-refractivity contribution is 7.09. The molecule has 5 heteroatoms. The number of thiazole rings is 1. The summed E-state index contributed by atoms with van der Waals surface area (Å²) >= 11 is 1.72. The third-order valence-corrected chi connectivity index (χ3v) is 6.15. The minimum atomic E-state index is 0.661. The molecule has 140 valence electrons. The summed E-state index contributed by atoms with van der Waals surface area (Å²) in [5.41, 5.74) is 2.66. The first-order chi connectivity index (χ1) is 12.7. The molecule has 4 nitrogen and oxygen atoms in total. The number of hydrogen-bond donors (Lipinski definition) is 1. The lowest BCUT2D eigenvalue weighted by molar-refractivity contribution is 0.216. The van der Waals surface area contributed by atoms with Crippen LogP contribution in [0.1, 0.15) is 41.9 Å². The molecule has 2 aromatic rings. The summed E-state index contributed by atoms with van der Waals surface area (Å²) in [4.78, 5) is 11.5. The van der Waals surface area contributed by atoms with Crippen molar-refractivity contribution in [2.45, 2.75) is 39.0 Å². The first-order valence-electron chi connectivity index (χ1n) is 9.62. The van der Waals surface area contributed by atoms with Crippen LogP contribution < -0.4 is 5.32 Å². The monoisotopic (exact) mass is 370 g/mol. The van der Waals surface area contributed by atoms with Crippen LogP contribution in [-0.4, -0.2) is 42.5 Å². The molecule has 0 saturated carbocycles. The lowest BCUT2D eigenvalue weighted by atomic mass is 9.79. The number of aliphatic imine (C=N–C) groups is 1. The van der Waals surface area contributed by atoms with E-state index in [0.717, 1.165) is 37.0 Å². The van der Waals surface area contributed by atoms with Crippen molar-refractivity contribution < 1.29 is 0 Å². The van der Waals surface area contributed by atoms with Gasteiger partial charge in [-0.05, 0) is 30.7 Å². The number of rotatable bonds is 5. The highest BCUT2D eigenvalue weighted by Gasteiger charge is 2.30. The third kappa shape index (κ3) is 4.64. The molecule has 2 heterocycles. The Balaban J connectivity index is 1.56. The predicted molar refractivity (Wildman–Crippen MR) is 111 cm³/mol. The third-order valence-electron chi connectivity index (χ3n) is 5.33. The average molecular weight is 371 g/mol. The zero-order valence-electron chi connectivity index (χ0n) is 16.1. The van der Waals surface area contributed by atoms with E-state index in [1.165, 1.54) is 24.1 Å². The van der Waals surface area contributed by atoms with Crippen LogP contribution in [0.2, 0.25) is 0 Å². The van der Waals surface area contributed by atoms with Gasteiger partial charge in [0, 0.05) is 38.5 Å². The normalized spacial score (nSPS) is 21.0. The Kier molecular flexibility index (Phi) is 6.67. The van der Waals surface area contributed by atoms with Gasteiger partial charge in [-0.25, -0.2) is 4.98 Å². The van der Waals surface area contributed by atoms with Crippen LogP contribution in [0.3, 0.4) is 0 Å². The van der Waals surface area contributed by atoms with E-state index in [0.29, 0.717) is 11.8 Å². The summed E-state index contributed by atoms with van der Waals surface area (Å²) in [6, 6.07) is 11.0. The number of aryl methyl sites for hydroxylation is 1. The second-order valence-electron chi connectivity index (χ2n) is 7.00. The summed E-state index contributed by atoms with van der Waals surface area (Å²) < 4.78 is 0. The van der Waals surface area contributed by atoms with Gasteiger partial charge in [0.15, 0.2) is 5.96 Å². The highest BCUT2D eigenvalue weighted by Crippen LogP contribution is 2.34. The van der Waals surface area contributed by atoms with Crippen molar-refractivity contribution in [2.75, 3.05) is 26.7 Å². The van der Waals surface area contributed by atoms with Crippen LogP contribution in [0.15, 0.2) is 40.7 Å². The maximum Gasteiger partial charge on any atom is 0.193 e. The molecule has 0 radical (unpaired) electrons. The van der Waals surface area contributed by atoms with Crippen molar-refractivity contribution in [1.82, 2.24) is 15.2 Å². The molecule has 26 heavy (non-hydrogen) atoms. The van der Waals surface area contributed by atoms with E-state index >= 15 is 0 Å². The molecule has 2 atom stereocenters. The number of benzene rings is 1. The Labute approximate surface area is 161 Å². The van der Waals surface area contributed by atoms with Crippen LogP contribution in [0.4, 0.5) is 0 Å². The molecule has 1 aromatic carbocycles. The smallest absolute Gasteiger partial charge is 0.193 e. The lowest BCUT2D eigenvalue weighted by Gasteiger charge is -2.40. The van der Waals surface area contributed by atoms with Crippen molar-refractivity contribution in [1.29, 1.82) is 0 Å². The Hall–Kier alpha value is -1.88. The highest BCUT2D eigenvalue weighted by atomic mass is 32.1. The fraction of sp³-hybridized carbons (Fsp3) is 0.524. The van der Waals surface area contributed by atoms with Crippen molar-refractivity contribution in [3.63, 3.8) is 0 Å². The second kappa shape index (κ2) is 9.17. The molecule has 2 unspecified atom stereocenters. The molecule has 1 aliphatic heterocycles. The standard InChI is InChI=1S/C21H30N4S/c1-4-17-14-25(13-11-20(17)18-8-6-5-7-9-18)21(22-3)23-12-10-19-15-26-16(2)24-19/h5-9,15,17,20H,4,10-14H2,1-3H3,(H,22,23). The van der Waals surface area contributed by atoms with Gasteiger partial charge >= 0.3 is 0 Å². The van der Waals surface area contributed by atoms with Gasteiger partial charge in [0.05, 0.1) is 10.7 Å². The zero-order valence-corrected chi connectivity index (χ0v) is 16.9. The van der Waals surface area contributed by atoms with E-state index in [1.807, 2.05) is 7.05 Å². The predicted octanol–water partition coefficient (Wildman–Crippen LogP) is 4.09. The summed E-state index contributed by atoms with van der Waals surface area (Å²) in [6.07, 6.45) is 3.33. The quantitative estimate of drug-likeness (QED) is 0.637. The Morgan fingerprint density at radius 3 is 2.81 bits per heavy atom. The van der Waals surface area contributed by atoms with E-state index in [2.05, 4.69) is 69.8 Å². The van der Waals surface area contributed by atoms with E-state index in [-0.39, 0.29) is 0 Å². The Morgan fingerprint density at radius 1 is 1.35 bits per heavy atom. The largest absolute Gasteiger partial charge is 0.356 e. The van der Waals surface area contributed by atoms with Gasteiger partial charge in [0.1, 0.15) is 0 Å². The zero-order chi connectivity index (χ0) is 18.4. The number of guanidine groups is 1. The first-order valence-corrected chi connectivity index (χ1v) is 10.5. The minimum Gasteiger partial charge on any atom is -0.356 e. The molecule has 1 N–H and O–H groups in total. The summed E-state index contributed by atoms with van der Waals surface area (Å²) in [6.45, 7) is 7.38. The fourth-order valence-corrected chi connectivity index (χ4v) is 4.58. The number of likely N-dealkylation sites (tertiary alicyclic amines) is 1. The molecule has 1 aromatic heterocycles. The first kappa shape index (κ1) is 18.9. The molecule has 0 spiro atoms. The van der Waals surface area contributed by atoms with Gasteiger partial charge in [-0.2, -0.15) is 0 Å². The molecular weight excluding hydrogens is 340 g/mol. The lowest BCUT2D eigenvalue weighted by Crippen LogP contribution is -2.48. The topological polar surface area (TPSA) is 40.5 Å². The van der Waals surface area contributed by atoms with E-state index in [1.54, 1.807) is 11.3 Å². The van der Waals surface area contributed by atoms with Gasteiger partial charge in [0.2, 0.25) is 0 Å². The summed E-state index contributed by atoms with van der Waals surface area (Å²) in [7, 11) is 1.89. The molecule has 0 amide bonds. The fourth-order valence-electron chi connectivity index (χ4n) is 3.93. The van der Waals surface area contributed by atoms with E-state index in [9.17, 15) is 0 Å². The molecule has 0 bridgehead atoms. The Bertz CT molecular complexity index is 710. The van der Waals surface area contributed by atoms with Crippen LogP contribution >= 0.6 is 11.3 Å². The molecule has 1 fully saturated rings. The van der Waals surface area contributed by atoms with Gasteiger partial charge in [-0.15, -0.1) is 11.3 Å². The summed E-state index contributed by atoms with van der Waals surface area (Å²) in [5.74, 6) is 2.36. The number of nitrogens with one attached hydrogen (secondary N) is 1. The molecule has 3 rings (SSSR count). The van der Waals surface area contributed by atoms with E-state index < -0.39 is 0 Å². The number of nitrogens with zero attached hydrogens (tertiary/aromatic N) is 3. The maximum atomic E-state index is 4.54. The Morgan fingerprint density at radius 2 is 2.15 bits per heavy atom. The van der Waals surface area contributed by atoms with Gasteiger partial charge < -0.3 is 10.2 Å². The van der Waals surface area contributed by atoms with E-state index in [4.69, 9.17) is 0 Å². The van der Waals surface area contributed by atoms with Gasteiger partial charge in [-0.3, -0.25) is 4.99 Å². The molecule has 1 saturated heterocycles. The SMILES string of the molecule is CCC1CN(C(=NC)NCCc2csc(C)n2)CCC1c1ccccc1. The van der Waals surface area contributed by atoms with Crippen molar-refractivity contribution >= 4 is 17.3 Å². The number of hydrogen-bond acceptors (Lipinski definition) is 3. The van der Waals surface area contributed by atoms with Crippen molar-refractivity contribution in [3.05, 3.63) is 52.0 Å². The van der Waals surface area contributed by atoms with Crippen LogP contribution in [0, 0.1) is 12.8 Å². The van der Waals surface area contributed by atoms with Crippen molar-refractivity contribution in [3.8, 4) is 0 Å². The van der Waals surface area contributed by atoms with Gasteiger partial charge in [0.25, 0.3) is 0 Å². The minimum absolute atomic E-state index is 0.661. The molecule has 0 aliphatic carbocycles. The van der Waals surface area contributed by atoms with Crippen molar-refractivity contribution in [2.24, 2.45) is 10.9 Å². The van der Waals surface area contributed by atoms with Gasteiger partial charge in [-0.1, -0.05) is 43.7 Å². The van der Waals surface area contributed by atoms with Crippen LogP contribution in [-0.2, 0) is 6.42 Å². The molecule has 1 aliphatic rings. The van der Waals surface area contributed by atoms with Crippen LogP contribution in [0.5, 0.6) is 0 Å². The number of piperidine rings is 1.